The van der Waals surface area contributed by atoms with Crippen molar-refractivity contribution in [3.05, 3.63) is 23.4 Å². The number of anilines is 1. The van der Waals surface area contributed by atoms with Crippen molar-refractivity contribution >= 4 is 11.7 Å². The smallest absolute Gasteiger partial charge is 0.251 e. The molecule has 1 saturated heterocycles. The van der Waals surface area contributed by atoms with Crippen molar-refractivity contribution < 1.29 is 9.53 Å². The first-order valence-electron chi connectivity index (χ1n) is 7.55. The van der Waals surface area contributed by atoms with E-state index in [1.54, 1.807) is 6.07 Å². The number of rotatable bonds is 5. The van der Waals surface area contributed by atoms with Crippen LogP contribution in [0.15, 0.2) is 12.1 Å². The molecule has 116 valence electrons. The summed E-state index contributed by atoms with van der Waals surface area (Å²) in [5.74, 6) is 0.919. The Bertz CT molecular complexity index is 508. The van der Waals surface area contributed by atoms with Crippen LogP contribution in [-0.4, -0.2) is 36.7 Å². The van der Waals surface area contributed by atoms with Crippen LogP contribution in [-0.2, 0) is 4.74 Å². The molecule has 0 aliphatic carbocycles. The Morgan fingerprint density at radius 2 is 2.24 bits per heavy atom. The number of aromatic nitrogens is 1. The number of hydrogen-bond acceptors (Lipinski definition) is 4. The number of amides is 1. The van der Waals surface area contributed by atoms with E-state index in [9.17, 15) is 4.79 Å². The van der Waals surface area contributed by atoms with Gasteiger partial charge in [0.05, 0.1) is 5.60 Å². The van der Waals surface area contributed by atoms with Gasteiger partial charge in [-0.1, -0.05) is 13.8 Å². The van der Waals surface area contributed by atoms with Gasteiger partial charge < -0.3 is 15.4 Å². The highest BCUT2D eigenvalue weighted by Crippen LogP contribution is 2.24. The van der Waals surface area contributed by atoms with Gasteiger partial charge in [-0.2, -0.15) is 0 Å². The SMILES string of the molecule is CNc1cc(C(=O)NCC2(C)CCCO2)cc(C(C)C)n1. The average Bonchev–Trinajstić information content (AvgIpc) is 2.91. The molecule has 2 rings (SSSR count). The van der Waals surface area contributed by atoms with Crippen molar-refractivity contribution in [3.8, 4) is 0 Å². The topological polar surface area (TPSA) is 63.2 Å². The Hall–Kier alpha value is -1.62. The predicted molar refractivity (Wildman–Crippen MR) is 83.8 cm³/mol. The van der Waals surface area contributed by atoms with Crippen LogP contribution in [0.1, 0.15) is 55.6 Å². The number of nitrogens with zero attached hydrogens (tertiary/aromatic N) is 1. The minimum atomic E-state index is -0.227. The third kappa shape index (κ3) is 3.94. The number of ether oxygens (including phenoxy) is 1. The second kappa shape index (κ2) is 6.43. The van der Waals surface area contributed by atoms with Gasteiger partial charge in [0.1, 0.15) is 5.82 Å². The number of carbonyl (C=O) groups is 1. The predicted octanol–water partition coefficient (Wildman–Crippen LogP) is 2.55. The zero-order valence-electron chi connectivity index (χ0n) is 13.3. The Morgan fingerprint density at radius 1 is 1.48 bits per heavy atom. The fraction of sp³-hybridized carbons (Fsp3) is 0.625. The fourth-order valence-corrected chi connectivity index (χ4v) is 2.45. The largest absolute Gasteiger partial charge is 0.373 e. The van der Waals surface area contributed by atoms with Crippen molar-refractivity contribution in [3.63, 3.8) is 0 Å². The summed E-state index contributed by atoms with van der Waals surface area (Å²) in [7, 11) is 1.81. The van der Waals surface area contributed by atoms with E-state index in [4.69, 9.17) is 4.74 Å². The molecular formula is C16H25N3O2. The second-order valence-corrected chi connectivity index (χ2v) is 6.16. The summed E-state index contributed by atoms with van der Waals surface area (Å²) in [4.78, 5) is 16.8. The Morgan fingerprint density at radius 3 is 2.81 bits per heavy atom. The minimum absolute atomic E-state index is 0.0764. The van der Waals surface area contributed by atoms with Crippen LogP contribution in [0.2, 0.25) is 0 Å². The number of nitrogens with one attached hydrogen (secondary N) is 2. The molecule has 1 aliphatic rings. The normalized spacial score (nSPS) is 21.6. The standard InChI is InChI=1S/C16H25N3O2/c1-11(2)13-8-12(9-14(17-4)19-13)15(20)18-10-16(3)6-5-7-21-16/h8-9,11H,5-7,10H2,1-4H3,(H,17,19)(H,18,20). The van der Waals surface area contributed by atoms with E-state index in [2.05, 4.69) is 29.5 Å². The van der Waals surface area contributed by atoms with Gasteiger partial charge in [-0.05, 0) is 37.8 Å². The lowest BCUT2D eigenvalue weighted by molar-refractivity contribution is 0.0206. The molecule has 0 spiro atoms. The van der Waals surface area contributed by atoms with Gasteiger partial charge >= 0.3 is 0 Å². The molecule has 0 radical (unpaired) electrons. The average molecular weight is 291 g/mol. The van der Waals surface area contributed by atoms with Gasteiger partial charge in [0.15, 0.2) is 0 Å². The Kier molecular flexibility index (Phi) is 4.83. The van der Waals surface area contributed by atoms with E-state index in [1.807, 2.05) is 20.0 Å². The van der Waals surface area contributed by atoms with Gasteiger partial charge in [0.2, 0.25) is 0 Å². The summed E-state index contributed by atoms with van der Waals surface area (Å²) in [5, 5.41) is 5.99. The van der Waals surface area contributed by atoms with Crippen LogP contribution in [0.25, 0.3) is 0 Å². The summed E-state index contributed by atoms with van der Waals surface area (Å²) in [6, 6.07) is 3.64. The monoisotopic (exact) mass is 291 g/mol. The van der Waals surface area contributed by atoms with E-state index in [0.717, 1.165) is 31.0 Å². The third-order valence-electron chi connectivity index (χ3n) is 3.88. The number of carbonyl (C=O) groups excluding carboxylic acids is 1. The van der Waals surface area contributed by atoms with Crippen LogP contribution in [0.3, 0.4) is 0 Å². The number of hydrogen-bond donors (Lipinski definition) is 2. The Labute approximate surface area is 126 Å². The molecule has 1 aliphatic heterocycles. The van der Waals surface area contributed by atoms with E-state index in [1.165, 1.54) is 0 Å². The first-order valence-corrected chi connectivity index (χ1v) is 7.55. The van der Waals surface area contributed by atoms with Gasteiger partial charge in [-0.3, -0.25) is 4.79 Å². The van der Waals surface area contributed by atoms with Crippen LogP contribution in [0.4, 0.5) is 5.82 Å². The molecule has 1 amide bonds. The summed E-state index contributed by atoms with van der Waals surface area (Å²) in [5.41, 5.74) is 1.32. The highest BCUT2D eigenvalue weighted by atomic mass is 16.5. The van der Waals surface area contributed by atoms with Crippen molar-refractivity contribution in [2.45, 2.75) is 45.1 Å². The van der Waals surface area contributed by atoms with Crippen LogP contribution < -0.4 is 10.6 Å². The van der Waals surface area contributed by atoms with Crippen molar-refractivity contribution in [2.75, 3.05) is 25.5 Å². The first-order chi connectivity index (χ1) is 9.93. The molecule has 1 fully saturated rings. The lowest BCUT2D eigenvalue weighted by Crippen LogP contribution is -2.40. The third-order valence-corrected chi connectivity index (χ3v) is 3.88. The van der Waals surface area contributed by atoms with Gasteiger partial charge in [0, 0.05) is 31.5 Å². The summed E-state index contributed by atoms with van der Waals surface area (Å²) in [6.07, 6.45) is 2.05. The minimum Gasteiger partial charge on any atom is -0.373 e. The molecule has 21 heavy (non-hydrogen) atoms. The van der Waals surface area contributed by atoms with Crippen molar-refractivity contribution in [2.24, 2.45) is 0 Å². The van der Waals surface area contributed by atoms with E-state index < -0.39 is 0 Å². The molecule has 0 bridgehead atoms. The summed E-state index contributed by atoms with van der Waals surface area (Å²) in [6.45, 7) is 7.50. The maximum Gasteiger partial charge on any atom is 0.251 e. The zero-order valence-corrected chi connectivity index (χ0v) is 13.3. The molecule has 1 aromatic rings. The van der Waals surface area contributed by atoms with Crippen LogP contribution in [0, 0.1) is 0 Å². The summed E-state index contributed by atoms with van der Waals surface area (Å²) >= 11 is 0. The molecular weight excluding hydrogens is 266 g/mol. The van der Waals surface area contributed by atoms with E-state index in [-0.39, 0.29) is 17.4 Å². The fourth-order valence-electron chi connectivity index (χ4n) is 2.45. The molecule has 5 heteroatoms. The lowest BCUT2D eigenvalue weighted by atomic mass is 10.0. The quantitative estimate of drug-likeness (QED) is 0.875. The van der Waals surface area contributed by atoms with Crippen LogP contribution in [0.5, 0.6) is 0 Å². The van der Waals surface area contributed by atoms with Gasteiger partial charge in [0.25, 0.3) is 5.91 Å². The highest BCUT2D eigenvalue weighted by Gasteiger charge is 2.30. The second-order valence-electron chi connectivity index (χ2n) is 6.16. The van der Waals surface area contributed by atoms with Crippen LogP contribution >= 0.6 is 0 Å². The molecule has 2 N–H and O–H groups in total. The van der Waals surface area contributed by atoms with Crippen molar-refractivity contribution in [1.82, 2.24) is 10.3 Å². The highest BCUT2D eigenvalue weighted by molar-refractivity contribution is 5.95. The zero-order chi connectivity index (χ0) is 15.5. The molecule has 2 heterocycles. The lowest BCUT2D eigenvalue weighted by Gasteiger charge is -2.23. The molecule has 0 aromatic carbocycles. The molecule has 1 unspecified atom stereocenters. The molecule has 1 atom stereocenters. The van der Waals surface area contributed by atoms with Crippen molar-refractivity contribution in [1.29, 1.82) is 0 Å². The molecule has 1 aromatic heterocycles. The van der Waals surface area contributed by atoms with E-state index >= 15 is 0 Å². The van der Waals surface area contributed by atoms with Gasteiger partial charge in [-0.15, -0.1) is 0 Å². The Balaban J connectivity index is 2.09. The number of pyridine rings is 1. The summed E-state index contributed by atoms with van der Waals surface area (Å²) < 4.78 is 5.69. The van der Waals surface area contributed by atoms with Gasteiger partial charge in [-0.25, -0.2) is 4.98 Å². The van der Waals surface area contributed by atoms with E-state index in [0.29, 0.717) is 12.1 Å². The molecule has 5 nitrogen and oxygen atoms in total. The molecule has 0 saturated carbocycles. The first kappa shape index (κ1) is 15.8. The maximum atomic E-state index is 12.4. The maximum absolute atomic E-state index is 12.4.